The Morgan fingerprint density at radius 2 is 1.73 bits per heavy atom. The number of benzene rings is 2. The van der Waals surface area contributed by atoms with Crippen molar-refractivity contribution in [2.24, 2.45) is 7.05 Å². The summed E-state index contributed by atoms with van der Waals surface area (Å²) in [6.45, 7) is 4.83. The first-order valence-corrected chi connectivity index (χ1v) is 12.5. The van der Waals surface area contributed by atoms with Crippen LogP contribution in [0.15, 0.2) is 54.6 Å². The molecule has 1 unspecified atom stereocenters. The lowest BCUT2D eigenvalue weighted by atomic mass is 10.1. The Morgan fingerprint density at radius 3 is 2.41 bits per heavy atom. The third-order valence-electron chi connectivity index (χ3n) is 5.82. The molecule has 194 valence electrons. The molecule has 0 aliphatic heterocycles. The molecule has 0 bridgehead atoms. The van der Waals surface area contributed by atoms with Crippen molar-refractivity contribution in [3.05, 3.63) is 65.9 Å². The highest BCUT2D eigenvalue weighted by molar-refractivity contribution is 5.84. The van der Waals surface area contributed by atoms with Crippen LogP contribution in [0.4, 0.5) is 0 Å². The largest absolute Gasteiger partial charge is 0.490 e. The summed E-state index contributed by atoms with van der Waals surface area (Å²) < 4.78 is 19.0. The lowest BCUT2D eigenvalue weighted by Gasteiger charge is -2.13. The molecule has 0 aliphatic carbocycles. The van der Waals surface area contributed by atoms with Crippen molar-refractivity contribution in [1.82, 2.24) is 19.7 Å². The highest BCUT2D eigenvalue weighted by atomic mass is 16.5. The Hall–Kier alpha value is -3.98. The number of carboxylic acids is 1. The number of rotatable bonds is 13. The van der Waals surface area contributed by atoms with Gasteiger partial charge in [0.1, 0.15) is 30.0 Å². The first kappa shape index (κ1) is 26.1. The average Bonchev–Trinajstić information content (AvgIpc) is 3.23. The van der Waals surface area contributed by atoms with Crippen LogP contribution in [0.2, 0.25) is 0 Å². The first-order chi connectivity index (χ1) is 18.0. The van der Waals surface area contributed by atoms with Crippen LogP contribution in [0.25, 0.3) is 22.4 Å². The van der Waals surface area contributed by atoms with E-state index in [2.05, 4.69) is 12.0 Å². The van der Waals surface area contributed by atoms with E-state index in [-0.39, 0.29) is 6.61 Å². The van der Waals surface area contributed by atoms with Gasteiger partial charge >= 0.3 is 5.97 Å². The number of ether oxygens (including phenoxy) is 3. The molecule has 0 aliphatic rings. The van der Waals surface area contributed by atoms with Crippen molar-refractivity contribution >= 4 is 17.0 Å². The molecule has 0 fully saturated rings. The van der Waals surface area contributed by atoms with Crippen molar-refractivity contribution < 1.29 is 24.1 Å². The fraction of sp³-hybridized carbons (Fsp3) is 0.357. The maximum absolute atomic E-state index is 11.3. The molecular formula is C28H32N4O5. The summed E-state index contributed by atoms with van der Waals surface area (Å²) in [5, 5.41) is 13.9. The second-order valence-electron chi connectivity index (χ2n) is 8.56. The van der Waals surface area contributed by atoms with Crippen LogP contribution in [-0.2, 0) is 29.4 Å². The van der Waals surface area contributed by atoms with Crippen molar-refractivity contribution in [3.8, 4) is 23.0 Å². The smallest absolute Gasteiger partial charge is 0.333 e. The van der Waals surface area contributed by atoms with E-state index in [1.165, 1.54) is 0 Å². The molecule has 0 saturated heterocycles. The summed E-state index contributed by atoms with van der Waals surface area (Å²) >= 11 is 0. The molecule has 0 amide bonds. The highest BCUT2D eigenvalue weighted by Crippen LogP contribution is 2.29. The zero-order chi connectivity index (χ0) is 26.2. The zero-order valence-corrected chi connectivity index (χ0v) is 21.4. The fourth-order valence-electron chi connectivity index (χ4n) is 4.08. The normalized spacial score (nSPS) is 12.0. The Kier molecular flexibility index (Phi) is 8.68. The predicted octanol–water partition coefficient (Wildman–Crippen LogP) is 4.47. The third-order valence-corrected chi connectivity index (χ3v) is 5.82. The molecule has 2 heterocycles. The fourth-order valence-corrected chi connectivity index (χ4v) is 4.08. The van der Waals surface area contributed by atoms with E-state index in [1.807, 2.05) is 61.6 Å². The van der Waals surface area contributed by atoms with Gasteiger partial charge in [-0.25, -0.2) is 9.78 Å². The Balaban J connectivity index is 1.44. The first-order valence-electron chi connectivity index (χ1n) is 12.5. The number of carboxylic acid groups (broad SMARTS) is 1. The summed E-state index contributed by atoms with van der Waals surface area (Å²) in [5.74, 6) is 0.760. The number of aryl methyl sites for hydroxylation is 2. The monoisotopic (exact) mass is 504 g/mol. The molecular weight excluding hydrogens is 472 g/mol. The molecule has 0 radical (unpaired) electrons. The van der Waals surface area contributed by atoms with Gasteiger partial charge in [-0.15, -0.1) is 0 Å². The Bertz CT molecular complexity index is 1320. The predicted molar refractivity (Wildman–Crippen MR) is 140 cm³/mol. The van der Waals surface area contributed by atoms with E-state index in [4.69, 9.17) is 24.2 Å². The quantitative estimate of drug-likeness (QED) is 0.266. The molecule has 0 saturated carbocycles. The summed E-state index contributed by atoms with van der Waals surface area (Å²) in [6.07, 6.45) is 1.21. The minimum absolute atomic E-state index is 0.280. The summed E-state index contributed by atoms with van der Waals surface area (Å²) in [5.41, 5.74) is 4.26. The maximum atomic E-state index is 11.3. The Labute approximate surface area is 216 Å². The topological polar surface area (TPSA) is 109 Å². The van der Waals surface area contributed by atoms with E-state index in [0.717, 1.165) is 40.7 Å². The van der Waals surface area contributed by atoms with Crippen LogP contribution < -0.4 is 9.47 Å². The highest BCUT2D eigenvalue weighted by Gasteiger charge is 2.19. The number of hydrogen-bond acceptors (Lipinski definition) is 7. The molecule has 4 rings (SSSR count). The standard InChI is InChI=1S/C28H32N4O5/c1-4-9-22-24-25(32(3)31-22)27(30-26(29-24)20-10-7-6-8-11-20)37-17-16-36-21-14-12-19(13-15-21)18-23(28(33)34)35-5-2/h6-8,10-15,23H,4-5,9,16-18H2,1-3H3,(H,33,34). The van der Waals surface area contributed by atoms with Gasteiger partial charge in [-0.05, 0) is 31.0 Å². The van der Waals surface area contributed by atoms with E-state index in [9.17, 15) is 9.90 Å². The van der Waals surface area contributed by atoms with Crippen molar-refractivity contribution in [2.45, 2.75) is 39.2 Å². The van der Waals surface area contributed by atoms with Gasteiger partial charge in [0.2, 0.25) is 5.88 Å². The van der Waals surface area contributed by atoms with Gasteiger partial charge in [0.05, 0.1) is 5.69 Å². The zero-order valence-electron chi connectivity index (χ0n) is 21.4. The number of carbonyl (C=O) groups is 1. The number of hydrogen-bond donors (Lipinski definition) is 1. The molecule has 2 aromatic heterocycles. The lowest BCUT2D eigenvalue weighted by molar-refractivity contribution is -0.149. The summed E-state index contributed by atoms with van der Waals surface area (Å²) in [4.78, 5) is 20.8. The van der Waals surface area contributed by atoms with E-state index < -0.39 is 12.1 Å². The second kappa shape index (κ2) is 12.3. The van der Waals surface area contributed by atoms with Crippen LogP contribution in [0.5, 0.6) is 11.6 Å². The molecule has 4 aromatic rings. The molecule has 1 atom stereocenters. The van der Waals surface area contributed by atoms with Gasteiger partial charge in [0.25, 0.3) is 0 Å². The van der Waals surface area contributed by atoms with Crippen LogP contribution in [0, 0.1) is 0 Å². The van der Waals surface area contributed by atoms with Gasteiger partial charge in [-0.3, -0.25) is 4.68 Å². The molecule has 9 heteroatoms. The molecule has 0 spiro atoms. The Morgan fingerprint density at radius 1 is 1.00 bits per heavy atom. The summed E-state index contributed by atoms with van der Waals surface area (Å²) in [6, 6.07) is 17.1. The molecule has 9 nitrogen and oxygen atoms in total. The van der Waals surface area contributed by atoms with Crippen LogP contribution in [-0.4, -0.2) is 56.7 Å². The second-order valence-corrected chi connectivity index (χ2v) is 8.56. The number of fused-ring (bicyclic) bond motifs is 1. The van der Waals surface area contributed by atoms with E-state index in [1.54, 1.807) is 11.6 Å². The van der Waals surface area contributed by atoms with Crippen LogP contribution in [0.3, 0.4) is 0 Å². The van der Waals surface area contributed by atoms with E-state index >= 15 is 0 Å². The molecule has 1 N–H and O–H groups in total. The van der Waals surface area contributed by atoms with Crippen molar-refractivity contribution in [3.63, 3.8) is 0 Å². The lowest BCUT2D eigenvalue weighted by Crippen LogP contribution is -2.26. The average molecular weight is 505 g/mol. The minimum Gasteiger partial charge on any atom is -0.490 e. The van der Waals surface area contributed by atoms with Gasteiger partial charge in [0, 0.05) is 25.6 Å². The number of nitrogens with zero attached hydrogens (tertiary/aromatic N) is 4. The van der Waals surface area contributed by atoms with Crippen LogP contribution >= 0.6 is 0 Å². The van der Waals surface area contributed by atoms with E-state index in [0.29, 0.717) is 37.1 Å². The van der Waals surface area contributed by atoms with Gasteiger partial charge in [-0.2, -0.15) is 10.1 Å². The summed E-state index contributed by atoms with van der Waals surface area (Å²) in [7, 11) is 1.87. The number of aliphatic carboxylic acids is 1. The van der Waals surface area contributed by atoms with Crippen molar-refractivity contribution in [2.75, 3.05) is 19.8 Å². The molecule has 37 heavy (non-hydrogen) atoms. The SMILES string of the molecule is CCCc1nn(C)c2c(OCCOc3ccc(CC(OCC)C(=O)O)cc3)nc(-c3ccccc3)nc12. The van der Waals surface area contributed by atoms with Crippen molar-refractivity contribution in [1.29, 1.82) is 0 Å². The molecule has 2 aromatic carbocycles. The number of aromatic nitrogens is 4. The van der Waals surface area contributed by atoms with Gasteiger partial charge in [-0.1, -0.05) is 55.8 Å². The third kappa shape index (κ3) is 6.42. The van der Waals surface area contributed by atoms with Gasteiger partial charge < -0.3 is 19.3 Å². The minimum atomic E-state index is -0.969. The maximum Gasteiger partial charge on any atom is 0.333 e. The van der Waals surface area contributed by atoms with Gasteiger partial charge in [0.15, 0.2) is 11.9 Å². The van der Waals surface area contributed by atoms with Crippen LogP contribution in [0.1, 0.15) is 31.5 Å².